The molecule has 0 N–H and O–H groups in total. The van der Waals surface area contributed by atoms with Gasteiger partial charge in [0.15, 0.2) is 0 Å². The zero-order chi connectivity index (χ0) is 16.4. The van der Waals surface area contributed by atoms with Gasteiger partial charge in [-0.2, -0.15) is 0 Å². The Labute approximate surface area is 140 Å². The zero-order valence-corrected chi connectivity index (χ0v) is 13.0. The number of nitrogens with zero attached hydrogens (tertiary/aromatic N) is 2. The smallest absolute Gasteiger partial charge is 0.267 e. The molecule has 4 aromatic rings. The van der Waals surface area contributed by atoms with Crippen molar-refractivity contribution in [3.05, 3.63) is 107 Å². The molecule has 116 valence electrons. The van der Waals surface area contributed by atoms with Crippen molar-refractivity contribution in [1.82, 2.24) is 9.36 Å². The molecule has 0 amide bonds. The van der Waals surface area contributed by atoms with E-state index in [0.717, 1.165) is 22.6 Å². The van der Waals surface area contributed by atoms with Gasteiger partial charge in [0.05, 0.1) is 17.1 Å². The van der Waals surface area contributed by atoms with Crippen LogP contribution in [-0.2, 0) is 0 Å². The number of benzene rings is 3. The van der Waals surface area contributed by atoms with Gasteiger partial charge in [-0.05, 0) is 24.3 Å². The van der Waals surface area contributed by atoms with E-state index in [1.165, 1.54) is 0 Å². The number of para-hydroxylation sites is 2. The molecule has 0 fully saturated rings. The van der Waals surface area contributed by atoms with Gasteiger partial charge in [-0.1, -0.05) is 66.7 Å². The fraction of sp³-hybridized carbons (Fsp3) is 0. The van der Waals surface area contributed by atoms with E-state index in [1.807, 2.05) is 95.7 Å². The fourth-order valence-corrected chi connectivity index (χ4v) is 2.90. The molecule has 0 spiro atoms. The summed E-state index contributed by atoms with van der Waals surface area (Å²) in [6.07, 6.45) is 0. The molecular formula is C21H16N2O. The molecule has 0 atom stereocenters. The van der Waals surface area contributed by atoms with Gasteiger partial charge in [0, 0.05) is 11.6 Å². The first-order valence-electron chi connectivity index (χ1n) is 7.86. The summed E-state index contributed by atoms with van der Waals surface area (Å²) in [5.74, 6) is 0. The van der Waals surface area contributed by atoms with Gasteiger partial charge in [0.25, 0.3) is 5.56 Å². The normalized spacial score (nSPS) is 10.7. The third-order valence-corrected chi connectivity index (χ3v) is 3.97. The Morgan fingerprint density at radius 2 is 1.00 bits per heavy atom. The van der Waals surface area contributed by atoms with Crippen molar-refractivity contribution < 1.29 is 0 Å². The third kappa shape index (κ3) is 2.46. The lowest BCUT2D eigenvalue weighted by Gasteiger charge is -2.15. The molecule has 4 rings (SSSR count). The molecular weight excluding hydrogens is 296 g/mol. The standard InChI is InChI=1S/C21H16N2O/c24-21-16-20(17-10-4-1-5-11-17)22(18-12-6-2-7-13-18)23(21)19-14-8-3-9-15-19/h1-16H. The lowest BCUT2D eigenvalue weighted by molar-refractivity contribution is 0.729. The topological polar surface area (TPSA) is 26.9 Å². The van der Waals surface area contributed by atoms with Gasteiger partial charge in [-0.25, -0.2) is 9.36 Å². The Morgan fingerprint density at radius 3 is 1.54 bits per heavy atom. The summed E-state index contributed by atoms with van der Waals surface area (Å²) < 4.78 is 3.67. The highest BCUT2D eigenvalue weighted by atomic mass is 16.1. The molecule has 0 aliphatic carbocycles. The summed E-state index contributed by atoms with van der Waals surface area (Å²) >= 11 is 0. The van der Waals surface area contributed by atoms with Crippen LogP contribution in [-0.4, -0.2) is 9.36 Å². The fourth-order valence-electron chi connectivity index (χ4n) is 2.90. The molecule has 1 aromatic heterocycles. The maximum atomic E-state index is 12.8. The second-order valence-corrected chi connectivity index (χ2v) is 5.53. The molecule has 0 radical (unpaired) electrons. The SMILES string of the molecule is O=c1cc(-c2ccccc2)n(-c2ccccc2)n1-c1ccccc1. The van der Waals surface area contributed by atoms with Crippen LogP contribution in [0.1, 0.15) is 0 Å². The van der Waals surface area contributed by atoms with Crippen molar-refractivity contribution in [3.8, 4) is 22.6 Å². The highest BCUT2D eigenvalue weighted by Crippen LogP contribution is 2.23. The van der Waals surface area contributed by atoms with Gasteiger partial charge in [-0.15, -0.1) is 0 Å². The van der Waals surface area contributed by atoms with Crippen LogP contribution in [0, 0.1) is 0 Å². The Morgan fingerprint density at radius 1 is 0.542 bits per heavy atom. The lowest BCUT2D eigenvalue weighted by atomic mass is 10.1. The molecule has 3 nitrogen and oxygen atoms in total. The summed E-state index contributed by atoms with van der Waals surface area (Å²) in [4.78, 5) is 12.8. The van der Waals surface area contributed by atoms with E-state index in [-0.39, 0.29) is 5.56 Å². The number of rotatable bonds is 3. The highest BCUT2D eigenvalue weighted by molar-refractivity contribution is 5.62. The van der Waals surface area contributed by atoms with E-state index < -0.39 is 0 Å². The first-order valence-corrected chi connectivity index (χ1v) is 7.86. The largest absolute Gasteiger partial charge is 0.272 e. The summed E-state index contributed by atoms with van der Waals surface area (Å²) in [5.41, 5.74) is 3.61. The van der Waals surface area contributed by atoms with Crippen molar-refractivity contribution in [1.29, 1.82) is 0 Å². The summed E-state index contributed by atoms with van der Waals surface area (Å²) in [6, 6.07) is 31.3. The minimum atomic E-state index is -0.0519. The molecule has 0 unspecified atom stereocenters. The van der Waals surface area contributed by atoms with Crippen molar-refractivity contribution in [2.24, 2.45) is 0 Å². The van der Waals surface area contributed by atoms with E-state index >= 15 is 0 Å². The Hall–Kier alpha value is -3.33. The van der Waals surface area contributed by atoms with E-state index in [2.05, 4.69) is 0 Å². The average molecular weight is 312 g/mol. The molecule has 24 heavy (non-hydrogen) atoms. The van der Waals surface area contributed by atoms with Crippen LogP contribution in [0.5, 0.6) is 0 Å². The highest BCUT2D eigenvalue weighted by Gasteiger charge is 2.15. The maximum Gasteiger partial charge on any atom is 0.272 e. The predicted molar refractivity (Wildman–Crippen MR) is 96.8 cm³/mol. The van der Waals surface area contributed by atoms with E-state index in [9.17, 15) is 4.79 Å². The zero-order valence-electron chi connectivity index (χ0n) is 13.0. The predicted octanol–water partition coefficient (Wildman–Crippen LogP) is 4.30. The molecule has 0 saturated heterocycles. The molecule has 3 heteroatoms. The second-order valence-electron chi connectivity index (χ2n) is 5.53. The van der Waals surface area contributed by atoms with Gasteiger partial charge < -0.3 is 0 Å². The van der Waals surface area contributed by atoms with E-state index in [4.69, 9.17) is 0 Å². The maximum absolute atomic E-state index is 12.8. The van der Waals surface area contributed by atoms with Crippen LogP contribution in [0.25, 0.3) is 22.6 Å². The van der Waals surface area contributed by atoms with Crippen LogP contribution in [0.15, 0.2) is 102 Å². The Kier molecular flexibility index (Phi) is 3.60. The van der Waals surface area contributed by atoms with Crippen LogP contribution in [0.4, 0.5) is 0 Å². The van der Waals surface area contributed by atoms with E-state index in [0.29, 0.717) is 0 Å². The third-order valence-electron chi connectivity index (χ3n) is 3.97. The average Bonchev–Trinajstić information content (AvgIpc) is 3.01. The minimum Gasteiger partial charge on any atom is -0.267 e. The first kappa shape index (κ1) is 14.3. The number of hydrogen-bond donors (Lipinski definition) is 0. The van der Waals surface area contributed by atoms with E-state index in [1.54, 1.807) is 10.7 Å². The first-order chi connectivity index (χ1) is 11.8. The second kappa shape index (κ2) is 6.05. The van der Waals surface area contributed by atoms with Gasteiger partial charge in [0.2, 0.25) is 0 Å². The molecule has 0 aliphatic heterocycles. The van der Waals surface area contributed by atoms with Crippen molar-refractivity contribution in [2.75, 3.05) is 0 Å². The molecule has 0 aliphatic rings. The molecule has 3 aromatic carbocycles. The summed E-state index contributed by atoms with van der Waals surface area (Å²) in [6.45, 7) is 0. The molecule has 0 saturated carbocycles. The summed E-state index contributed by atoms with van der Waals surface area (Å²) in [5, 5.41) is 0. The Balaban J connectivity index is 2.05. The van der Waals surface area contributed by atoms with Crippen LogP contribution >= 0.6 is 0 Å². The summed E-state index contributed by atoms with van der Waals surface area (Å²) in [7, 11) is 0. The monoisotopic (exact) mass is 312 g/mol. The van der Waals surface area contributed by atoms with Crippen LogP contribution in [0.3, 0.4) is 0 Å². The van der Waals surface area contributed by atoms with Gasteiger partial charge in [0.1, 0.15) is 0 Å². The van der Waals surface area contributed by atoms with Crippen molar-refractivity contribution in [2.45, 2.75) is 0 Å². The van der Waals surface area contributed by atoms with Crippen LogP contribution in [0.2, 0.25) is 0 Å². The van der Waals surface area contributed by atoms with Crippen molar-refractivity contribution >= 4 is 0 Å². The lowest BCUT2D eigenvalue weighted by Crippen LogP contribution is -2.20. The quantitative estimate of drug-likeness (QED) is 0.554. The van der Waals surface area contributed by atoms with Crippen LogP contribution < -0.4 is 5.56 Å². The van der Waals surface area contributed by atoms with Crippen molar-refractivity contribution in [3.63, 3.8) is 0 Å². The Bertz CT molecular complexity index is 1000. The molecule has 1 heterocycles. The molecule has 0 bridgehead atoms. The minimum absolute atomic E-state index is 0.0519. The number of hydrogen-bond acceptors (Lipinski definition) is 1. The number of aromatic nitrogens is 2. The van der Waals surface area contributed by atoms with Gasteiger partial charge in [-0.3, -0.25) is 4.79 Å². The van der Waals surface area contributed by atoms with Gasteiger partial charge >= 0.3 is 0 Å².